The third kappa shape index (κ3) is 4.04. The fourth-order valence-electron chi connectivity index (χ4n) is 2.61. The van der Waals surface area contributed by atoms with Crippen molar-refractivity contribution in [2.45, 2.75) is 13.8 Å². The summed E-state index contributed by atoms with van der Waals surface area (Å²) < 4.78 is 21.0. The van der Waals surface area contributed by atoms with Gasteiger partial charge in [-0.2, -0.15) is 10.2 Å². The molecule has 3 rings (SSSR count). The van der Waals surface area contributed by atoms with E-state index >= 15 is 0 Å². The average Bonchev–Trinajstić information content (AvgIpc) is 3.12. The molecule has 1 aromatic carbocycles. The van der Waals surface area contributed by atoms with Gasteiger partial charge in [0.2, 0.25) is 0 Å². The Labute approximate surface area is 164 Å². The van der Waals surface area contributed by atoms with E-state index in [9.17, 15) is 14.0 Å². The number of aromatic nitrogens is 4. The number of halogens is 2. The Hall–Kier alpha value is -3.20. The van der Waals surface area contributed by atoms with E-state index in [1.54, 1.807) is 27.0 Å². The number of hydrogen-bond donors (Lipinski definition) is 1. The Kier molecular flexibility index (Phi) is 5.46. The molecule has 3 aromatic rings. The standard InChI is InChI=1S/C18H17ClFN5O3/c1-10-8-14(25(22-10)13-6-4-12(20)5-7-13)21-15(26)9-28-18(27)16-11(2)23-24(3)17(16)19/h4-8H,9H2,1-3H3,(H,21,26). The fourth-order valence-corrected chi connectivity index (χ4v) is 2.86. The number of nitrogens with one attached hydrogen (secondary N) is 1. The maximum atomic E-state index is 13.1. The molecule has 10 heteroatoms. The number of carbonyl (C=O) groups is 2. The predicted octanol–water partition coefficient (Wildman–Crippen LogP) is 2.81. The van der Waals surface area contributed by atoms with Gasteiger partial charge < -0.3 is 10.1 Å². The second-order valence-electron chi connectivity index (χ2n) is 6.06. The van der Waals surface area contributed by atoms with Gasteiger partial charge in [0.1, 0.15) is 22.4 Å². The van der Waals surface area contributed by atoms with E-state index in [4.69, 9.17) is 16.3 Å². The smallest absolute Gasteiger partial charge is 0.343 e. The molecule has 0 unspecified atom stereocenters. The van der Waals surface area contributed by atoms with Gasteiger partial charge in [0, 0.05) is 13.1 Å². The molecule has 2 heterocycles. The number of nitrogens with zero attached hydrogens (tertiary/aromatic N) is 4. The number of amides is 1. The highest BCUT2D eigenvalue weighted by Gasteiger charge is 2.21. The second kappa shape index (κ2) is 7.81. The van der Waals surface area contributed by atoms with Crippen LogP contribution in [0.1, 0.15) is 21.7 Å². The summed E-state index contributed by atoms with van der Waals surface area (Å²) in [6.45, 7) is 2.85. The van der Waals surface area contributed by atoms with Crippen molar-refractivity contribution in [3.05, 3.63) is 58.3 Å². The minimum Gasteiger partial charge on any atom is -0.452 e. The number of anilines is 1. The topological polar surface area (TPSA) is 91.0 Å². The summed E-state index contributed by atoms with van der Waals surface area (Å²) in [4.78, 5) is 24.4. The molecular weight excluding hydrogens is 389 g/mol. The van der Waals surface area contributed by atoms with Gasteiger partial charge in [0.15, 0.2) is 6.61 Å². The molecule has 146 valence electrons. The molecule has 0 bridgehead atoms. The molecule has 0 aliphatic heterocycles. The fraction of sp³-hybridized carbons (Fsp3) is 0.222. The van der Waals surface area contributed by atoms with Crippen LogP contribution in [0.2, 0.25) is 5.15 Å². The number of ether oxygens (including phenoxy) is 1. The molecule has 1 N–H and O–H groups in total. The number of aryl methyl sites for hydroxylation is 3. The van der Waals surface area contributed by atoms with Gasteiger partial charge in [-0.25, -0.2) is 13.9 Å². The molecule has 0 radical (unpaired) electrons. The van der Waals surface area contributed by atoms with Crippen molar-refractivity contribution in [1.29, 1.82) is 0 Å². The molecular formula is C18H17ClFN5O3. The van der Waals surface area contributed by atoms with Gasteiger partial charge in [-0.3, -0.25) is 9.48 Å². The molecule has 28 heavy (non-hydrogen) atoms. The highest BCUT2D eigenvalue weighted by atomic mass is 35.5. The van der Waals surface area contributed by atoms with E-state index in [1.807, 2.05) is 0 Å². The maximum absolute atomic E-state index is 13.1. The molecule has 0 atom stereocenters. The van der Waals surface area contributed by atoms with Gasteiger partial charge in [0.05, 0.1) is 17.1 Å². The van der Waals surface area contributed by atoms with Gasteiger partial charge in [-0.05, 0) is 38.1 Å². The van der Waals surface area contributed by atoms with Crippen molar-refractivity contribution in [3.8, 4) is 5.69 Å². The maximum Gasteiger partial charge on any atom is 0.343 e. The summed E-state index contributed by atoms with van der Waals surface area (Å²) in [5, 5.41) is 11.1. The van der Waals surface area contributed by atoms with E-state index in [2.05, 4.69) is 15.5 Å². The van der Waals surface area contributed by atoms with E-state index in [-0.39, 0.29) is 16.5 Å². The van der Waals surface area contributed by atoms with Crippen LogP contribution < -0.4 is 5.32 Å². The Balaban J connectivity index is 1.69. The predicted molar refractivity (Wildman–Crippen MR) is 100 cm³/mol. The lowest BCUT2D eigenvalue weighted by atomic mass is 10.3. The van der Waals surface area contributed by atoms with Crippen molar-refractivity contribution in [3.63, 3.8) is 0 Å². The van der Waals surface area contributed by atoms with Crippen molar-refractivity contribution < 1.29 is 18.7 Å². The quantitative estimate of drug-likeness (QED) is 0.659. The normalized spacial score (nSPS) is 10.8. The average molecular weight is 406 g/mol. The largest absolute Gasteiger partial charge is 0.452 e. The first kappa shape index (κ1) is 19.6. The first-order valence-electron chi connectivity index (χ1n) is 8.25. The van der Waals surface area contributed by atoms with Crippen LogP contribution in [0.3, 0.4) is 0 Å². The first-order valence-corrected chi connectivity index (χ1v) is 8.62. The molecule has 0 aliphatic rings. The van der Waals surface area contributed by atoms with Gasteiger partial charge >= 0.3 is 5.97 Å². The van der Waals surface area contributed by atoms with E-state index in [0.29, 0.717) is 22.9 Å². The minimum atomic E-state index is -0.742. The van der Waals surface area contributed by atoms with E-state index < -0.39 is 18.5 Å². The molecule has 8 nitrogen and oxygen atoms in total. The highest BCUT2D eigenvalue weighted by molar-refractivity contribution is 6.32. The lowest BCUT2D eigenvalue weighted by Gasteiger charge is -2.09. The number of benzene rings is 1. The Morgan fingerprint density at radius 3 is 2.50 bits per heavy atom. The summed E-state index contributed by atoms with van der Waals surface area (Å²) in [5.74, 6) is -1.32. The van der Waals surface area contributed by atoms with Crippen LogP contribution in [-0.2, 0) is 16.6 Å². The van der Waals surface area contributed by atoms with Crippen LogP contribution in [0.15, 0.2) is 30.3 Å². The molecule has 0 saturated heterocycles. The Morgan fingerprint density at radius 2 is 1.89 bits per heavy atom. The summed E-state index contributed by atoms with van der Waals surface area (Å²) in [7, 11) is 1.59. The number of hydrogen-bond acceptors (Lipinski definition) is 5. The first-order chi connectivity index (χ1) is 13.3. The van der Waals surface area contributed by atoms with Crippen LogP contribution in [0, 0.1) is 19.7 Å². The van der Waals surface area contributed by atoms with Crippen LogP contribution in [0.4, 0.5) is 10.2 Å². The third-order valence-corrected chi connectivity index (χ3v) is 4.29. The van der Waals surface area contributed by atoms with Gasteiger partial charge in [0.25, 0.3) is 5.91 Å². The highest BCUT2D eigenvalue weighted by Crippen LogP contribution is 2.20. The van der Waals surface area contributed by atoms with Crippen molar-refractivity contribution >= 4 is 29.3 Å². The zero-order valence-corrected chi connectivity index (χ0v) is 16.1. The molecule has 0 saturated carbocycles. The Morgan fingerprint density at radius 1 is 1.21 bits per heavy atom. The zero-order valence-electron chi connectivity index (χ0n) is 15.4. The summed E-state index contributed by atoms with van der Waals surface area (Å²) in [6, 6.07) is 7.29. The molecule has 0 spiro atoms. The minimum absolute atomic E-state index is 0.115. The molecule has 2 aromatic heterocycles. The van der Waals surface area contributed by atoms with Crippen LogP contribution in [-0.4, -0.2) is 38.0 Å². The number of esters is 1. The van der Waals surface area contributed by atoms with Crippen LogP contribution in [0.25, 0.3) is 5.69 Å². The molecule has 1 amide bonds. The second-order valence-corrected chi connectivity index (χ2v) is 6.42. The number of carbonyl (C=O) groups excluding carboxylic acids is 2. The van der Waals surface area contributed by atoms with Crippen molar-refractivity contribution in [1.82, 2.24) is 19.6 Å². The lowest BCUT2D eigenvalue weighted by Crippen LogP contribution is -2.22. The van der Waals surface area contributed by atoms with Crippen LogP contribution in [0.5, 0.6) is 0 Å². The Bertz CT molecular complexity index is 1040. The molecule has 0 fully saturated rings. The SMILES string of the molecule is Cc1cc(NC(=O)COC(=O)c2c(C)nn(C)c2Cl)n(-c2ccc(F)cc2)n1. The van der Waals surface area contributed by atoms with E-state index in [0.717, 1.165) is 0 Å². The monoisotopic (exact) mass is 405 g/mol. The summed E-state index contributed by atoms with van der Waals surface area (Å²) >= 11 is 6.02. The van der Waals surface area contributed by atoms with E-state index in [1.165, 1.54) is 33.6 Å². The summed E-state index contributed by atoms with van der Waals surface area (Å²) in [5.41, 5.74) is 1.74. The lowest BCUT2D eigenvalue weighted by molar-refractivity contribution is -0.119. The summed E-state index contributed by atoms with van der Waals surface area (Å²) in [6.07, 6.45) is 0. The van der Waals surface area contributed by atoms with Crippen LogP contribution >= 0.6 is 11.6 Å². The van der Waals surface area contributed by atoms with Gasteiger partial charge in [-0.15, -0.1) is 0 Å². The van der Waals surface area contributed by atoms with Crippen molar-refractivity contribution in [2.24, 2.45) is 7.05 Å². The number of rotatable bonds is 5. The molecule has 0 aliphatic carbocycles. The zero-order chi connectivity index (χ0) is 20.4. The van der Waals surface area contributed by atoms with Crippen molar-refractivity contribution in [2.75, 3.05) is 11.9 Å². The van der Waals surface area contributed by atoms with Gasteiger partial charge in [-0.1, -0.05) is 11.6 Å². The third-order valence-electron chi connectivity index (χ3n) is 3.86.